The van der Waals surface area contributed by atoms with Gasteiger partial charge in [-0.05, 0) is 39.5 Å². The number of nitrogens with one attached hydrogen (secondary N) is 1. The number of aromatic nitrogens is 2. The van der Waals surface area contributed by atoms with Crippen LogP contribution in [0.3, 0.4) is 0 Å². The summed E-state index contributed by atoms with van der Waals surface area (Å²) in [6.45, 7) is 5.05. The van der Waals surface area contributed by atoms with E-state index in [4.69, 9.17) is 11.6 Å². The third-order valence-electron chi connectivity index (χ3n) is 3.82. The first-order chi connectivity index (χ1) is 9.25. The van der Waals surface area contributed by atoms with Gasteiger partial charge < -0.3 is 10.4 Å². The minimum Gasteiger partial charge on any atom is -0.480 e. The minimum absolute atomic E-state index is 0.00740. The van der Waals surface area contributed by atoms with Gasteiger partial charge in [-0.15, -0.1) is 0 Å². The Bertz CT molecular complexity index is 565. The van der Waals surface area contributed by atoms with Gasteiger partial charge in [-0.3, -0.25) is 9.48 Å². The first-order valence-corrected chi connectivity index (χ1v) is 6.87. The molecule has 1 aliphatic carbocycles. The van der Waals surface area contributed by atoms with E-state index in [1.54, 1.807) is 20.8 Å². The molecule has 2 rings (SSSR count). The maximum Gasteiger partial charge on any atom is 0.329 e. The average molecular weight is 300 g/mol. The average Bonchev–Trinajstić information content (AvgIpc) is 3.16. The summed E-state index contributed by atoms with van der Waals surface area (Å²) < 4.78 is 1.49. The fraction of sp³-hybridized carbons (Fsp3) is 0.615. The highest BCUT2D eigenvalue weighted by molar-refractivity contribution is 6.31. The Balaban J connectivity index is 2.08. The Morgan fingerprint density at radius 1 is 1.50 bits per heavy atom. The number of carboxylic acids is 1. The number of amides is 1. The summed E-state index contributed by atoms with van der Waals surface area (Å²) in [6, 6.07) is 0. The third-order valence-corrected chi connectivity index (χ3v) is 4.37. The van der Waals surface area contributed by atoms with Crippen molar-refractivity contribution in [3.63, 3.8) is 0 Å². The molecule has 0 saturated heterocycles. The number of rotatable bonds is 5. The standard InChI is InChI=1S/C13H18ClN3O3/c1-7-11(14)8(2)17(16-7)6-10(18)15-13(3,12(19)20)9-4-5-9/h9H,4-6H2,1-3H3,(H,15,18)(H,19,20). The summed E-state index contributed by atoms with van der Waals surface area (Å²) in [5, 5.41) is 16.6. The van der Waals surface area contributed by atoms with Crippen LogP contribution in [0.4, 0.5) is 0 Å². The molecule has 1 atom stereocenters. The highest BCUT2D eigenvalue weighted by Crippen LogP contribution is 2.39. The molecule has 1 fully saturated rings. The molecule has 1 aliphatic rings. The Morgan fingerprint density at radius 2 is 2.10 bits per heavy atom. The second-order valence-electron chi connectivity index (χ2n) is 5.47. The van der Waals surface area contributed by atoms with E-state index in [9.17, 15) is 14.7 Å². The number of carboxylic acid groups (broad SMARTS) is 1. The van der Waals surface area contributed by atoms with Crippen LogP contribution in [0.5, 0.6) is 0 Å². The second-order valence-corrected chi connectivity index (χ2v) is 5.85. The van der Waals surface area contributed by atoms with Crippen LogP contribution in [-0.2, 0) is 16.1 Å². The van der Waals surface area contributed by atoms with E-state index in [1.807, 2.05) is 0 Å². The normalized spacial score (nSPS) is 17.6. The molecule has 0 bridgehead atoms. The molecule has 1 unspecified atom stereocenters. The van der Waals surface area contributed by atoms with Crippen molar-refractivity contribution in [3.8, 4) is 0 Å². The predicted molar refractivity (Wildman–Crippen MR) is 73.6 cm³/mol. The summed E-state index contributed by atoms with van der Waals surface area (Å²) in [6.07, 6.45) is 1.66. The van der Waals surface area contributed by atoms with Crippen molar-refractivity contribution in [1.29, 1.82) is 0 Å². The van der Waals surface area contributed by atoms with Gasteiger partial charge in [0, 0.05) is 0 Å². The molecular formula is C13H18ClN3O3. The molecule has 1 saturated carbocycles. The lowest BCUT2D eigenvalue weighted by Gasteiger charge is -2.26. The minimum atomic E-state index is -1.20. The van der Waals surface area contributed by atoms with E-state index in [0.29, 0.717) is 16.4 Å². The number of hydrogen-bond donors (Lipinski definition) is 2. The number of carbonyl (C=O) groups excluding carboxylic acids is 1. The largest absolute Gasteiger partial charge is 0.480 e. The van der Waals surface area contributed by atoms with E-state index in [-0.39, 0.29) is 18.4 Å². The van der Waals surface area contributed by atoms with Crippen LogP contribution >= 0.6 is 11.6 Å². The molecule has 1 heterocycles. The van der Waals surface area contributed by atoms with Crippen molar-refractivity contribution in [3.05, 3.63) is 16.4 Å². The monoisotopic (exact) mass is 299 g/mol. The van der Waals surface area contributed by atoms with Crippen molar-refractivity contribution in [2.75, 3.05) is 0 Å². The zero-order chi connectivity index (χ0) is 15.1. The Morgan fingerprint density at radius 3 is 2.50 bits per heavy atom. The smallest absolute Gasteiger partial charge is 0.329 e. The van der Waals surface area contributed by atoms with Gasteiger partial charge in [-0.1, -0.05) is 11.6 Å². The van der Waals surface area contributed by atoms with Gasteiger partial charge >= 0.3 is 5.97 Å². The van der Waals surface area contributed by atoms with Gasteiger partial charge in [0.1, 0.15) is 12.1 Å². The number of aliphatic carboxylic acids is 1. The Kier molecular flexibility index (Phi) is 3.77. The van der Waals surface area contributed by atoms with Gasteiger partial charge in [0.2, 0.25) is 5.91 Å². The van der Waals surface area contributed by atoms with Crippen LogP contribution < -0.4 is 5.32 Å². The number of halogens is 1. The van der Waals surface area contributed by atoms with Gasteiger partial charge in [0.25, 0.3) is 0 Å². The van der Waals surface area contributed by atoms with Crippen LogP contribution in [0.2, 0.25) is 5.02 Å². The maximum atomic E-state index is 12.1. The molecule has 110 valence electrons. The van der Waals surface area contributed by atoms with Crippen molar-refractivity contribution >= 4 is 23.5 Å². The molecule has 2 N–H and O–H groups in total. The molecule has 6 nitrogen and oxygen atoms in total. The lowest BCUT2D eigenvalue weighted by Crippen LogP contribution is -2.54. The van der Waals surface area contributed by atoms with Gasteiger partial charge in [0.05, 0.1) is 16.4 Å². The van der Waals surface area contributed by atoms with Gasteiger partial charge in [-0.25, -0.2) is 4.79 Å². The molecule has 20 heavy (non-hydrogen) atoms. The molecular weight excluding hydrogens is 282 g/mol. The number of nitrogens with zero attached hydrogens (tertiary/aromatic N) is 2. The lowest BCUT2D eigenvalue weighted by molar-refractivity contribution is -0.148. The topological polar surface area (TPSA) is 84.2 Å². The highest BCUT2D eigenvalue weighted by atomic mass is 35.5. The number of hydrogen-bond acceptors (Lipinski definition) is 3. The van der Waals surface area contributed by atoms with Gasteiger partial charge in [-0.2, -0.15) is 5.10 Å². The fourth-order valence-corrected chi connectivity index (χ4v) is 2.42. The summed E-state index contributed by atoms with van der Waals surface area (Å²) >= 11 is 6.02. The predicted octanol–water partition coefficient (Wildman–Crippen LogP) is 1.52. The van der Waals surface area contributed by atoms with E-state index in [1.165, 1.54) is 4.68 Å². The summed E-state index contributed by atoms with van der Waals surface area (Å²) in [7, 11) is 0. The Hall–Kier alpha value is -1.56. The molecule has 0 aromatic carbocycles. The van der Waals surface area contributed by atoms with Gasteiger partial charge in [0.15, 0.2) is 0 Å². The lowest BCUT2D eigenvalue weighted by atomic mass is 9.96. The fourth-order valence-electron chi connectivity index (χ4n) is 2.29. The van der Waals surface area contributed by atoms with Crippen molar-refractivity contribution in [1.82, 2.24) is 15.1 Å². The Labute approximate surface area is 122 Å². The molecule has 0 radical (unpaired) electrons. The summed E-state index contributed by atoms with van der Waals surface area (Å²) in [4.78, 5) is 23.4. The van der Waals surface area contributed by atoms with E-state index >= 15 is 0 Å². The number of carbonyl (C=O) groups is 2. The molecule has 0 spiro atoms. The zero-order valence-electron chi connectivity index (χ0n) is 11.7. The highest BCUT2D eigenvalue weighted by Gasteiger charge is 2.48. The molecule has 1 aromatic rings. The van der Waals surface area contributed by atoms with Crippen LogP contribution in [0.15, 0.2) is 0 Å². The van der Waals surface area contributed by atoms with Crippen molar-refractivity contribution in [2.45, 2.75) is 45.7 Å². The molecule has 7 heteroatoms. The summed E-state index contributed by atoms with van der Waals surface area (Å²) in [5.41, 5.74) is 0.152. The van der Waals surface area contributed by atoms with Crippen LogP contribution in [0, 0.1) is 19.8 Å². The van der Waals surface area contributed by atoms with E-state index < -0.39 is 11.5 Å². The summed E-state index contributed by atoms with van der Waals surface area (Å²) in [5.74, 6) is -1.36. The molecule has 0 aliphatic heterocycles. The third kappa shape index (κ3) is 2.65. The second kappa shape index (κ2) is 5.09. The van der Waals surface area contributed by atoms with E-state index in [2.05, 4.69) is 10.4 Å². The first kappa shape index (κ1) is 14.8. The molecule has 1 aromatic heterocycles. The first-order valence-electron chi connectivity index (χ1n) is 6.49. The quantitative estimate of drug-likeness (QED) is 0.863. The van der Waals surface area contributed by atoms with E-state index in [0.717, 1.165) is 12.8 Å². The number of aryl methyl sites for hydroxylation is 1. The maximum absolute atomic E-state index is 12.1. The van der Waals surface area contributed by atoms with Crippen LogP contribution in [0.25, 0.3) is 0 Å². The van der Waals surface area contributed by atoms with Crippen molar-refractivity contribution in [2.24, 2.45) is 5.92 Å². The molecule has 1 amide bonds. The zero-order valence-corrected chi connectivity index (χ0v) is 12.5. The van der Waals surface area contributed by atoms with Crippen LogP contribution in [0.1, 0.15) is 31.2 Å². The van der Waals surface area contributed by atoms with Crippen molar-refractivity contribution < 1.29 is 14.7 Å². The van der Waals surface area contributed by atoms with Crippen LogP contribution in [-0.4, -0.2) is 32.3 Å². The SMILES string of the molecule is Cc1nn(CC(=O)NC(C)(C(=O)O)C2CC2)c(C)c1Cl.